The molecule has 2 N–H and O–H groups in total. The summed E-state index contributed by atoms with van der Waals surface area (Å²) in [7, 11) is 0. The summed E-state index contributed by atoms with van der Waals surface area (Å²) in [6, 6.07) is 14.3. The van der Waals surface area contributed by atoms with Crippen molar-refractivity contribution in [1.82, 2.24) is 8.75 Å². The highest BCUT2D eigenvalue weighted by molar-refractivity contribution is 7.00. The maximum absolute atomic E-state index is 5.59. The lowest BCUT2D eigenvalue weighted by molar-refractivity contribution is 1.07. The fraction of sp³-hybridized carbons (Fsp3) is 0.0769. The second-order valence-corrected chi connectivity index (χ2v) is 4.37. The third-order valence-corrected chi connectivity index (χ3v) is 3.33. The molecule has 3 rings (SSSR count). The molecule has 17 heavy (non-hydrogen) atoms. The second-order valence-electron chi connectivity index (χ2n) is 3.84. The first-order chi connectivity index (χ1) is 8.38. The smallest absolute Gasteiger partial charge is 0.112 e. The lowest BCUT2D eigenvalue weighted by Crippen LogP contribution is -1.95. The van der Waals surface area contributed by atoms with Gasteiger partial charge in [-0.15, -0.1) is 0 Å². The molecule has 0 spiro atoms. The Morgan fingerprint density at radius 3 is 2.59 bits per heavy atom. The van der Waals surface area contributed by atoms with Gasteiger partial charge >= 0.3 is 0 Å². The van der Waals surface area contributed by atoms with Crippen molar-refractivity contribution in [3.05, 3.63) is 48.0 Å². The summed E-state index contributed by atoms with van der Waals surface area (Å²) in [6.07, 6.45) is 0. The van der Waals surface area contributed by atoms with Gasteiger partial charge in [0, 0.05) is 12.1 Å². The zero-order valence-electron chi connectivity index (χ0n) is 9.13. The van der Waals surface area contributed by atoms with E-state index in [0.717, 1.165) is 27.7 Å². The first-order valence-electron chi connectivity index (χ1n) is 5.39. The molecule has 0 amide bonds. The molecular formula is C13H11N3S. The molecule has 0 fully saturated rings. The molecule has 3 nitrogen and oxygen atoms in total. The summed E-state index contributed by atoms with van der Waals surface area (Å²) >= 11 is 1.25. The van der Waals surface area contributed by atoms with Crippen LogP contribution in [0, 0.1) is 0 Å². The topological polar surface area (TPSA) is 51.8 Å². The molecule has 0 saturated heterocycles. The van der Waals surface area contributed by atoms with Crippen LogP contribution in [0.2, 0.25) is 0 Å². The minimum Gasteiger partial charge on any atom is -0.326 e. The Kier molecular flexibility index (Phi) is 2.59. The molecule has 1 aromatic heterocycles. The van der Waals surface area contributed by atoms with Crippen molar-refractivity contribution in [1.29, 1.82) is 0 Å². The highest BCUT2D eigenvalue weighted by Crippen LogP contribution is 2.27. The average Bonchev–Trinajstić information content (AvgIpc) is 2.87. The van der Waals surface area contributed by atoms with Crippen molar-refractivity contribution < 1.29 is 0 Å². The summed E-state index contributed by atoms with van der Waals surface area (Å²) < 4.78 is 8.59. The van der Waals surface area contributed by atoms with E-state index < -0.39 is 0 Å². The molecule has 1 heterocycles. The number of fused-ring (bicyclic) bond motifs is 1. The van der Waals surface area contributed by atoms with Gasteiger partial charge in [-0.05, 0) is 17.2 Å². The van der Waals surface area contributed by atoms with Crippen molar-refractivity contribution >= 4 is 22.8 Å². The van der Waals surface area contributed by atoms with E-state index in [4.69, 9.17) is 5.73 Å². The number of aromatic nitrogens is 2. The van der Waals surface area contributed by atoms with Crippen LogP contribution in [0.1, 0.15) is 5.56 Å². The van der Waals surface area contributed by atoms with Crippen LogP contribution >= 0.6 is 11.7 Å². The van der Waals surface area contributed by atoms with Crippen LogP contribution in [0.15, 0.2) is 42.5 Å². The minimum absolute atomic E-state index is 0.572. The molecule has 0 aliphatic heterocycles. The van der Waals surface area contributed by atoms with Crippen molar-refractivity contribution in [2.24, 2.45) is 5.73 Å². The van der Waals surface area contributed by atoms with Crippen LogP contribution in [-0.4, -0.2) is 8.75 Å². The minimum atomic E-state index is 0.572. The zero-order chi connectivity index (χ0) is 11.7. The van der Waals surface area contributed by atoms with Crippen LogP contribution in [0.5, 0.6) is 0 Å². The molecule has 3 aromatic rings. The molecule has 2 aromatic carbocycles. The molecule has 84 valence electrons. The highest BCUT2D eigenvalue weighted by Gasteiger charge is 2.06. The maximum atomic E-state index is 5.59. The van der Waals surface area contributed by atoms with Gasteiger partial charge in [-0.3, -0.25) is 0 Å². The van der Waals surface area contributed by atoms with Crippen LogP contribution in [-0.2, 0) is 6.54 Å². The van der Waals surface area contributed by atoms with E-state index in [0.29, 0.717) is 6.54 Å². The number of hydrogen-bond donors (Lipinski definition) is 1. The SMILES string of the molecule is NCc1ccc(-c2cccc3nsnc23)cc1. The van der Waals surface area contributed by atoms with E-state index in [-0.39, 0.29) is 0 Å². The third-order valence-electron chi connectivity index (χ3n) is 2.79. The van der Waals surface area contributed by atoms with Gasteiger partial charge in [0.1, 0.15) is 11.0 Å². The molecule has 0 aliphatic carbocycles. The van der Waals surface area contributed by atoms with Gasteiger partial charge < -0.3 is 5.73 Å². The molecular weight excluding hydrogens is 230 g/mol. The first-order valence-corrected chi connectivity index (χ1v) is 6.12. The van der Waals surface area contributed by atoms with Crippen LogP contribution in [0.3, 0.4) is 0 Å². The number of nitrogens with two attached hydrogens (primary N) is 1. The Morgan fingerprint density at radius 2 is 1.82 bits per heavy atom. The van der Waals surface area contributed by atoms with E-state index in [9.17, 15) is 0 Å². The van der Waals surface area contributed by atoms with E-state index in [1.165, 1.54) is 11.7 Å². The Bertz CT molecular complexity index is 643. The number of hydrogen-bond acceptors (Lipinski definition) is 4. The van der Waals surface area contributed by atoms with Gasteiger partial charge in [-0.1, -0.05) is 36.4 Å². The van der Waals surface area contributed by atoms with E-state index in [2.05, 4.69) is 26.9 Å². The summed E-state index contributed by atoms with van der Waals surface area (Å²) in [5.74, 6) is 0. The molecule has 0 aliphatic rings. The standard InChI is InChI=1S/C13H11N3S/c14-8-9-4-6-10(7-5-9)11-2-1-3-12-13(11)16-17-15-12/h1-7H,8,14H2. The van der Waals surface area contributed by atoms with Crippen molar-refractivity contribution in [3.8, 4) is 11.1 Å². The van der Waals surface area contributed by atoms with Crippen LogP contribution < -0.4 is 5.73 Å². The molecule has 0 bridgehead atoms. The van der Waals surface area contributed by atoms with E-state index >= 15 is 0 Å². The van der Waals surface area contributed by atoms with E-state index in [1.807, 2.05) is 24.3 Å². The van der Waals surface area contributed by atoms with Crippen molar-refractivity contribution in [2.45, 2.75) is 6.54 Å². The third kappa shape index (κ3) is 1.81. The molecule has 0 unspecified atom stereocenters. The maximum Gasteiger partial charge on any atom is 0.112 e. The lowest BCUT2D eigenvalue weighted by Gasteiger charge is -2.03. The summed E-state index contributed by atoms with van der Waals surface area (Å²) in [6.45, 7) is 0.572. The Balaban J connectivity index is 2.16. The monoisotopic (exact) mass is 241 g/mol. The van der Waals surface area contributed by atoms with Crippen molar-refractivity contribution in [3.63, 3.8) is 0 Å². The van der Waals surface area contributed by atoms with E-state index in [1.54, 1.807) is 0 Å². The lowest BCUT2D eigenvalue weighted by atomic mass is 10.0. The molecule has 0 atom stereocenters. The predicted octanol–water partition coefficient (Wildman–Crippen LogP) is 2.82. The summed E-state index contributed by atoms with van der Waals surface area (Å²) in [5, 5.41) is 0. The molecule has 0 saturated carbocycles. The normalized spacial score (nSPS) is 10.9. The van der Waals surface area contributed by atoms with Gasteiger partial charge in [-0.25, -0.2) is 0 Å². The average molecular weight is 241 g/mol. The Labute approximate surface area is 103 Å². The van der Waals surface area contributed by atoms with Crippen LogP contribution in [0.4, 0.5) is 0 Å². The van der Waals surface area contributed by atoms with Gasteiger partial charge in [0.05, 0.1) is 11.7 Å². The quantitative estimate of drug-likeness (QED) is 0.750. The van der Waals surface area contributed by atoms with Crippen molar-refractivity contribution in [2.75, 3.05) is 0 Å². The number of benzene rings is 2. The summed E-state index contributed by atoms with van der Waals surface area (Å²) in [5.41, 5.74) is 10.9. The zero-order valence-corrected chi connectivity index (χ0v) is 9.95. The van der Waals surface area contributed by atoms with Gasteiger partial charge in [0.25, 0.3) is 0 Å². The largest absolute Gasteiger partial charge is 0.326 e. The number of rotatable bonds is 2. The molecule has 0 radical (unpaired) electrons. The Morgan fingerprint density at radius 1 is 1.00 bits per heavy atom. The second kappa shape index (κ2) is 4.24. The predicted molar refractivity (Wildman–Crippen MR) is 70.7 cm³/mol. The fourth-order valence-electron chi connectivity index (χ4n) is 1.86. The summed E-state index contributed by atoms with van der Waals surface area (Å²) in [4.78, 5) is 0. The first kappa shape index (κ1) is 10.4. The highest BCUT2D eigenvalue weighted by atomic mass is 32.1. The Hall–Kier alpha value is -1.78. The fourth-order valence-corrected chi connectivity index (χ4v) is 2.41. The molecule has 4 heteroatoms. The van der Waals surface area contributed by atoms with Gasteiger partial charge in [0.2, 0.25) is 0 Å². The number of nitrogens with zero attached hydrogens (tertiary/aromatic N) is 2. The van der Waals surface area contributed by atoms with Gasteiger partial charge in [-0.2, -0.15) is 8.75 Å². The van der Waals surface area contributed by atoms with Crippen LogP contribution in [0.25, 0.3) is 22.2 Å². The van der Waals surface area contributed by atoms with Gasteiger partial charge in [0.15, 0.2) is 0 Å².